The van der Waals surface area contributed by atoms with E-state index in [0.717, 1.165) is 23.6 Å². The van der Waals surface area contributed by atoms with Crippen LogP contribution in [0.25, 0.3) is 0 Å². The summed E-state index contributed by atoms with van der Waals surface area (Å²) in [5.41, 5.74) is 1.85. The zero-order valence-electron chi connectivity index (χ0n) is 14.4. The molecule has 0 bridgehead atoms. The topological polar surface area (TPSA) is 72.1 Å². The molecule has 0 spiro atoms. The summed E-state index contributed by atoms with van der Waals surface area (Å²) in [6.45, 7) is 5.32. The highest BCUT2D eigenvalue weighted by molar-refractivity contribution is 5.89. The molecule has 25 heavy (non-hydrogen) atoms. The first-order valence-corrected chi connectivity index (χ1v) is 8.29. The van der Waals surface area contributed by atoms with E-state index in [2.05, 4.69) is 34.0 Å². The summed E-state index contributed by atoms with van der Waals surface area (Å²) >= 11 is 0. The molecule has 2 amide bonds. The van der Waals surface area contributed by atoms with Crippen molar-refractivity contribution < 1.29 is 9.21 Å². The number of anilines is 1. The molecule has 0 saturated heterocycles. The molecule has 0 unspecified atom stereocenters. The zero-order valence-corrected chi connectivity index (χ0v) is 14.4. The number of urea groups is 1. The van der Waals surface area contributed by atoms with Crippen LogP contribution in [0.3, 0.4) is 0 Å². The van der Waals surface area contributed by atoms with Crippen LogP contribution < -0.4 is 10.6 Å². The Hall–Kier alpha value is -3.02. The fourth-order valence-electron chi connectivity index (χ4n) is 2.66. The van der Waals surface area contributed by atoms with E-state index in [0.29, 0.717) is 18.2 Å². The Bertz CT molecular complexity index is 822. The SMILES string of the molecule is CC(C)c1nccn1Cc1cccc(NC(=O)NCc2ccco2)c1. The molecule has 130 valence electrons. The molecule has 0 aliphatic heterocycles. The molecule has 0 aliphatic rings. The number of hydrogen-bond acceptors (Lipinski definition) is 3. The molecule has 6 nitrogen and oxygen atoms in total. The van der Waals surface area contributed by atoms with E-state index in [4.69, 9.17) is 4.42 Å². The third-order valence-electron chi connectivity index (χ3n) is 3.81. The number of nitrogens with zero attached hydrogens (tertiary/aromatic N) is 2. The van der Waals surface area contributed by atoms with Crippen molar-refractivity contribution in [2.75, 3.05) is 5.32 Å². The largest absolute Gasteiger partial charge is 0.467 e. The second kappa shape index (κ2) is 7.70. The highest BCUT2D eigenvalue weighted by atomic mass is 16.3. The van der Waals surface area contributed by atoms with Gasteiger partial charge in [-0.2, -0.15) is 0 Å². The Morgan fingerprint density at radius 2 is 2.16 bits per heavy atom. The maximum atomic E-state index is 12.0. The molecule has 0 aliphatic carbocycles. The predicted molar refractivity (Wildman–Crippen MR) is 96.4 cm³/mol. The molecule has 2 N–H and O–H groups in total. The van der Waals surface area contributed by atoms with Gasteiger partial charge in [0.05, 0.1) is 12.8 Å². The first-order chi connectivity index (χ1) is 12.1. The van der Waals surface area contributed by atoms with Gasteiger partial charge in [-0.25, -0.2) is 9.78 Å². The van der Waals surface area contributed by atoms with E-state index in [1.807, 2.05) is 42.7 Å². The van der Waals surface area contributed by atoms with Crippen LogP contribution in [0.2, 0.25) is 0 Å². The highest BCUT2D eigenvalue weighted by Gasteiger charge is 2.08. The fraction of sp³-hybridized carbons (Fsp3) is 0.263. The Kier molecular flexibility index (Phi) is 5.18. The first kappa shape index (κ1) is 16.8. The van der Waals surface area contributed by atoms with Crippen LogP contribution in [0.1, 0.15) is 36.9 Å². The van der Waals surface area contributed by atoms with Crippen molar-refractivity contribution in [1.29, 1.82) is 0 Å². The average molecular weight is 338 g/mol. The minimum Gasteiger partial charge on any atom is -0.467 e. The zero-order chi connectivity index (χ0) is 17.6. The van der Waals surface area contributed by atoms with Gasteiger partial charge in [-0.05, 0) is 29.8 Å². The van der Waals surface area contributed by atoms with Crippen LogP contribution in [-0.2, 0) is 13.1 Å². The van der Waals surface area contributed by atoms with E-state index < -0.39 is 0 Å². The number of furan rings is 1. The molecule has 3 rings (SSSR count). The molecular weight excluding hydrogens is 316 g/mol. The normalized spacial score (nSPS) is 10.8. The number of aromatic nitrogens is 2. The summed E-state index contributed by atoms with van der Waals surface area (Å²) in [4.78, 5) is 16.4. The molecule has 6 heteroatoms. The highest BCUT2D eigenvalue weighted by Crippen LogP contribution is 2.16. The maximum Gasteiger partial charge on any atom is 0.319 e. The molecule has 2 aromatic heterocycles. The second-order valence-electron chi connectivity index (χ2n) is 6.16. The van der Waals surface area contributed by atoms with Gasteiger partial charge in [0.25, 0.3) is 0 Å². The number of benzene rings is 1. The molecular formula is C19H22N4O2. The van der Waals surface area contributed by atoms with Gasteiger partial charge in [0, 0.05) is 30.5 Å². The van der Waals surface area contributed by atoms with E-state index in [1.54, 1.807) is 12.3 Å². The van der Waals surface area contributed by atoms with Crippen LogP contribution in [0.4, 0.5) is 10.5 Å². The smallest absolute Gasteiger partial charge is 0.319 e. The van der Waals surface area contributed by atoms with Crippen LogP contribution in [0.15, 0.2) is 59.5 Å². The standard InChI is InChI=1S/C19H22N4O2/c1-14(2)18-20-8-9-23(18)13-15-5-3-6-16(11-15)22-19(24)21-12-17-7-4-10-25-17/h3-11,14H,12-13H2,1-2H3,(H2,21,22,24). The molecule has 2 heterocycles. The number of imidazole rings is 1. The van der Waals surface area contributed by atoms with E-state index in [9.17, 15) is 4.79 Å². The minimum atomic E-state index is -0.265. The fourth-order valence-corrected chi connectivity index (χ4v) is 2.66. The first-order valence-electron chi connectivity index (χ1n) is 8.29. The molecule has 1 aromatic carbocycles. The molecule has 0 saturated carbocycles. The van der Waals surface area contributed by atoms with Gasteiger partial charge in [-0.1, -0.05) is 26.0 Å². The number of amides is 2. The predicted octanol–water partition coefficient (Wildman–Crippen LogP) is 3.97. The summed E-state index contributed by atoms with van der Waals surface area (Å²) in [7, 11) is 0. The van der Waals surface area contributed by atoms with Crippen molar-refractivity contribution in [3.8, 4) is 0 Å². The van der Waals surface area contributed by atoms with E-state index >= 15 is 0 Å². The van der Waals surface area contributed by atoms with E-state index in [1.165, 1.54) is 0 Å². The quantitative estimate of drug-likeness (QED) is 0.714. The van der Waals surface area contributed by atoms with Crippen molar-refractivity contribution in [2.24, 2.45) is 0 Å². The Balaban J connectivity index is 1.61. The number of carbonyl (C=O) groups is 1. The Morgan fingerprint density at radius 1 is 1.28 bits per heavy atom. The number of hydrogen-bond donors (Lipinski definition) is 2. The number of nitrogens with one attached hydrogen (secondary N) is 2. The van der Waals surface area contributed by atoms with Crippen LogP contribution in [0, 0.1) is 0 Å². The van der Waals surface area contributed by atoms with Crippen molar-refractivity contribution >= 4 is 11.7 Å². The lowest BCUT2D eigenvalue weighted by Crippen LogP contribution is -2.28. The van der Waals surface area contributed by atoms with Gasteiger partial charge < -0.3 is 19.6 Å². The van der Waals surface area contributed by atoms with Gasteiger partial charge >= 0.3 is 6.03 Å². The number of carbonyl (C=O) groups excluding carboxylic acids is 1. The summed E-state index contributed by atoms with van der Waals surface area (Å²) in [6, 6.07) is 11.2. The Labute approximate surface area is 146 Å². The van der Waals surface area contributed by atoms with Crippen LogP contribution in [0.5, 0.6) is 0 Å². The second-order valence-corrected chi connectivity index (χ2v) is 6.16. The van der Waals surface area contributed by atoms with Gasteiger partial charge in [0.2, 0.25) is 0 Å². The summed E-state index contributed by atoms with van der Waals surface area (Å²) in [5, 5.41) is 5.61. The van der Waals surface area contributed by atoms with Crippen molar-refractivity contribution in [3.63, 3.8) is 0 Å². The van der Waals surface area contributed by atoms with Gasteiger partial charge in [0.15, 0.2) is 0 Å². The average Bonchev–Trinajstić information content (AvgIpc) is 3.24. The molecule has 3 aromatic rings. The van der Waals surface area contributed by atoms with Crippen LogP contribution >= 0.6 is 0 Å². The summed E-state index contributed by atoms with van der Waals surface area (Å²) in [6.07, 6.45) is 5.38. The Morgan fingerprint density at radius 3 is 2.92 bits per heavy atom. The van der Waals surface area contributed by atoms with Crippen molar-refractivity contribution in [2.45, 2.75) is 32.9 Å². The lowest BCUT2D eigenvalue weighted by atomic mass is 10.1. The van der Waals surface area contributed by atoms with Gasteiger partial charge in [-0.3, -0.25) is 0 Å². The summed E-state index contributed by atoms with van der Waals surface area (Å²) in [5.74, 6) is 2.13. The molecule has 0 atom stereocenters. The van der Waals surface area contributed by atoms with E-state index in [-0.39, 0.29) is 6.03 Å². The third-order valence-corrected chi connectivity index (χ3v) is 3.81. The summed E-state index contributed by atoms with van der Waals surface area (Å²) < 4.78 is 7.32. The maximum absolute atomic E-state index is 12.0. The minimum absolute atomic E-state index is 0.265. The lowest BCUT2D eigenvalue weighted by Gasteiger charge is -2.12. The monoisotopic (exact) mass is 338 g/mol. The molecule has 0 radical (unpaired) electrons. The van der Waals surface area contributed by atoms with Crippen molar-refractivity contribution in [3.05, 3.63) is 72.2 Å². The van der Waals surface area contributed by atoms with Gasteiger partial charge in [-0.15, -0.1) is 0 Å². The lowest BCUT2D eigenvalue weighted by molar-refractivity contribution is 0.251. The number of rotatable bonds is 6. The van der Waals surface area contributed by atoms with Crippen LogP contribution in [-0.4, -0.2) is 15.6 Å². The molecule has 0 fully saturated rings. The van der Waals surface area contributed by atoms with Crippen molar-refractivity contribution in [1.82, 2.24) is 14.9 Å². The third kappa shape index (κ3) is 4.50. The van der Waals surface area contributed by atoms with Gasteiger partial charge in [0.1, 0.15) is 11.6 Å².